The molecule has 0 aliphatic carbocycles. The Balaban J connectivity index is 3.13. The van der Waals surface area contributed by atoms with Crippen LogP contribution >= 0.6 is 0 Å². The van der Waals surface area contributed by atoms with Crippen molar-refractivity contribution < 1.29 is 14.3 Å². The number of rotatable bonds is 3. The van der Waals surface area contributed by atoms with Gasteiger partial charge in [-0.25, -0.2) is 9.18 Å². The van der Waals surface area contributed by atoms with Crippen molar-refractivity contribution in [2.45, 2.75) is 13.0 Å². The Bertz CT molecular complexity index is 441. The lowest BCUT2D eigenvalue weighted by Gasteiger charge is -2.06. The number of hydrogen-bond donors (Lipinski definition) is 1. The molecular formula is C9H8FN3O2. The van der Waals surface area contributed by atoms with Gasteiger partial charge in [-0.05, 0) is 23.2 Å². The molecule has 0 heterocycles. The molecule has 0 radical (unpaired) electrons. The highest BCUT2D eigenvalue weighted by atomic mass is 19.1. The first-order chi connectivity index (χ1) is 7.06. The molecule has 0 aliphatic heterocycles. The molecule has 0 fully saturated rings. The molecule has 1 aromatic carbocycles. The van der Waals surface area contributed by atoms with E-state index in [2.05, 4.69) is 10.0 Å². The number of benzene rings is 1. The summed E-state index contributed by atoms with van der Waals surface area (Å²) in [4.78, 5) is 13.1. The minimum absolute atomic E-state index is 0.135. The van der Waals surface area contributed by atoms with Gasteiger partial charge in [-0.15, -0.1) is 0 Å². The average Bonchev–Trinajstić information content (AvgIpc) is 2.17. The van der Waals surface area contributed by atoms with Crippen molar-refractivity contribution in [2.24, 2.45) is 5.11 Å². The molecule has 1 atom stereocenters. The van der Waals surface area contributed by atoms with Crippen LogP contribution in [0.3, 0.4) is 0 Å². The fraction of sp³-hybridized carbons (Fsp3) is 0.222. The van der Waals surface area contributed by atoms with E-state index in [4.69, 9.17) is 10.6 Å². The summed E-state index contributed by atoms with van der Waals surface area (Å²) < 4.78 is 13.3. The molecule has 1 aromatic rings. The third-order valence-corrected chi connectivity index (χ3v) is 1.92. The molecule has 1 unspecified atom stereocenters. The molecule has 0 aromatic heterocycles. The summed E-state index contributed by atoms with van der Waals surface area (Å²) in [6.07, 6.45) is 0. The summed E-state index contributed by atoms with van der Waals surface area (Å²) in [5, 5.41) is 11.9. The van der Waals surface area contributed by atoms with Crippen LogP contribution in [0.15, 0.2) is 23.3 Å². The van der Waals surface area contributed by atoms with Gasteiger partial charge in [0.05, 0.1) is 11.6 Å². The van der Waals surface area contributed by atoms with E-state index in [1.165, 1.54) is 19.1 Å². The summed E-state index contributed by atoms with van der Waals surface area (Å²) in [6.45, 7) is 1.53. The van der Waals surface area contributed by atoms with Crippen LogP contribution in [0.25, 0.3) is 10.4 Å². The van der Waals surface area contributed by atoms with Crippen LogP contribution in [-0.4, -0.2) is 11.1 Å². The van der Waals surface area contributed by atoms with Gasteiger partial charge in [0.2, 0.25) is 0 Å². The lowest BCUT2D eigenvalue weighted by Crippen LogP contribution is -2.00. The Morgan fingerprint density at radius 2 is 2.33 bits per heavy atom. The molecule has 0 saturated carbocycles. The smallest absolute Gasteiger partial charge is 0.335 e. The number of aromatic carboxylic acids is 1. The topological polar surface area (TPSA) is 86.1 Å². The van der Waals surface area contributed by atoms with E-state index in [1.807, 2.05) is 0 Å². The predicted octanol–water partition coefficient (Wildman–Crippen LogP) is 2.90. The first-order valence-electron chi connectivity index (χ1n) is 4.13. The molecule has 1 N–H and O–H groups in total. The van der Waals surface area contributed by atoms with E-state index in [0.717, 1.165) is 6.07 Å². The zero-order valence-corrected chi connectivity index (χ0v) is 7.88. The highest BCUT2D eigenvalue weighted by molar-refractivity contribution is 5.87. The van der Waals surface area contributed by atoms with Crippen LogP contribution < -0.4 is 0 Å². The zero-order valence-electron chi connectivity index (χ0n) is 7.88. The average molecular weight is 209 g/mol. The number of hydrogen-bond acceptors (Lipinski definition) is 2. The number of halogens is 1. The Morgan fingerprint density at radius 3 is 2.80 bits per heavy atom. The van der Waals surface area contributed by atoms with E-state index in [1.54, 1.807) is 0 Å². The first kappa shape index (κ1) is 11.0. The minimum Gasteiger partial charge on any atom is -0.478 e. The molecular weight excluding hydrogens is 201 g/mol. The number of azide groups is 1. The molecule has 0 amide bonds. The van der Waals surface area contributed by atoms with Crippen LogP contribution in [0.4, 0.5) is 4.39 Å². The summed E-state index contributed by atoms with van der Waals surface area (Å²) in [5.74, 6) is -1.88. The van der Waals surface area contributed by atoms with Crippen LogP contribution in [-0.2, 0) is 0 Å². The maximum Gasteiger partial charge on any atom is 0.335 e. The van der Waals surface area contributed by atoms with Gasteiger partial charge >= 0.3 is 5.97 Å². The zero-order chi connectivity index (χ0) is 11.4. The maximum atomic E-state index is 13.3. The molecule has 0 saturated heterocycles. The largest absolute Gasteiger partial charge is 0.478 e. The number of carboxylic acid groups (broad SMARTS) is 1. The predicted molar refractivity (Wildman–Crippen MR) is 50.9 cm³/mol. The van der Waals surface area contributed by atoms with Gasteiger partial charge in [0.25, 0.3) is 0 Å². The first-order valence-corrected chi connectivity index (χ1v) is 4.13. The molecule has 0 bridgehead atoms. The minimum atomic E-state index is -1.20. The molecule has 78 valence electrons. The second-order valence-electron chi connectivity index (χ2n) is 2.92. The van der Waals surface area contributed by atoms with Gasteiger partial charge in [-0.3, -0.25) is 0 Å². The van der Waals surface area contributed by atoms with Crippen molar-refractivity contribution in [1.82, 2.24) is 0 Å². The Morgan fingerprint density at radius 1 is 1.67 bits per heavy atom. The van der Waals surface area contributed by atoms with Crippen molar-refractivity contribution in [1.29, 1.82) is 0 Å². The number of carboxylic acids is 1. The second kappa shape index (κ2) is 4.43. The van der Waals surface area contributed by atoms with Crippen molar-refractivity contribution in [3.8, 4) is 0 Å². The summed E-state index contributed by atoms with van der Waals surface area (Å²) in [5.41, 5.74) is 8.22. The third-order valence-electron chi connectivity index (χ3n) is 1.92. The normalized spacial score (nSPS) is 11.6. The van der Waals surface area contributed by atoms with Gasteiger partial charge in [0.1, 0.15) is 5.82 Å². The van der Waals surface area contributed by atoms with Crippen LogP contribution in [0.1, 0.15) is 28.9 Å². The molecule has 6 heteroatoms. The van der Waals surface area contributed by atoms with Crippen LogP contribution in [0.5, 0.6) is 0 Å². The highest BCUT2D eigenvalue weighted by Gasteiger charge is 2.12. The monoisotopic (exact) mass is 209 g/mol. The van der Waals surface area contributed by atoms with E-state index in [-0.39, 0.29) is 11.1 Å². The van der Waals surface area contributed by atoms with E-state index < -0.39 is 17.8 Å². The summed E-state index contributed by atoms with van der Waals surface area (Å²) in [6, 6.07) is 2.82. The quantitative estimate of drug-likeness (QED) is 0.471. The SMILES string of the molecule is CC(N=[N+]=[N-])c1ccc(C(=O)O)cc1F. The molecule has 5 nitrogen and oxygen atoms in total. The Labute approximate surface area is 84.8 Å². The molecule has 0 spiro atoms. The lowest BCUT2D eigenvalue weighted by atomic mass is 10.1. The van der Waals surface area contributed by atoms with Gasteiger partial charge < -0.3 is 5.11 Å². The Hall–Kier alpha value is -2.07. The van der Waals surface area contributed by atoms with Crippen LogP contribution in [0, 0.1) is 5.82 Å². The van der Waals surface area contributed by atoms with Gasteiger partial charge in [-0.1, -0.05) is 18.1 Å². The third kappa shape index (κ3) is 2.45. The molecule has 15 heavy (non-hydrogen) atoms. The lowest BCUT2D eigenvalue weighted by molar-refractivity contribution is 0.0696. The van der Waals surface area contributed by atoms with E-state index >= 15 is 0 Å². The standard InChI is InChI=1S/C9H8FN3O2/c1-5(12-13-11)7-3-2-6(9(14)15)4-8(7)10/h2-5H,1H3,(H,14,15). The van der Waals surface area contributed by atoms with Gasteiger partial charge in [-0.2, -0.15) is 0 Å². The van der Waals surface area contributed by atoms with Gasteiger partial charge in [0.15, 0.2) is 0 Å². The van der Waals surface area contributed by atoms with E-state index in [0.29, 0.717) is 0 Å². The van der Waals surface area contributed by atoms with E-state index in [9.17, 15) is 9.18 Å². The van der Waals surface area contributed by atoms with Crippen molar-refractivity contribution in [2.75, 3.05) is 0 Å². The summed E-state index contributed by atoms with van der Waals surface area (Å²) in [7, 11) is 0. The van der Waals surface area contributed by atoms with Crippen molar-refractivity contribution in [3.05, 3.63) is 45.6 Å². The number of nitrogens with zero attached hydrogens (tertiary/aromatic N) is 3. The van der Waals surface area contributed by atoms with Gasteiger partial charge in [0, 0.05) is 4.91 Å². The maximum absolute atomic E-state index is 13.3. The molecule has 1 rings (SSSR count). The van der Waals surface area contributed by atoms with Crippen molar-refractivity contribution in [3.63, 3.8) is 0 Å². The van der Waals surface area contributed by atoms with Crippen LogP contribution in [0.2, 0.25) is 0 Å². The highest BCUT2D eigenvalue weighted by Crippen LogP contribution is 2.21. The Kier molecular flexibility index (Phi) is 3.25. The summed E-state index contributed by atoms with van der Waals surface area (Å²) >= 11 is 0. The molecule has 0 aliphatic rings. The van der Waals surface area contributed by atoms with Crippen molar-refractivity contribution >= 4 is 5.97 Å². The number of carbonyl (C=O) groups is 1. The fourth-order valence-electron chi connectivity index (χ4n) is 1.14. The fourth-order valence-corrected chi connectivity index (χ4v) is 1.14. The second-order valence-corrected chi connectivity index (χ2v) is 2.92.